The molecule has 1 aliphatic carbocycles. The Morgan fingerprint density at radius 1 is 1.19 bits per heavy atom. The molecule has 1 aromatic rings. The Hall–Kier alpha value is -2.22. The number of carbonyl (C=O) groups excluding carboxylic acids is 1. The van der Waals surface area contributed by atoms with Crippen molar-refractivity contribution in [2.75, 3.05) is 20.3 Å². The number of hydrazine groups is 1. The number of rotatable bonds is 3. The Kier molecular flexibility index (Phi) is 6.26. The summed E-state index contributed by atoms with van der Waals surface area (Å²) in [5.74, 6) is 2.35. The molecule has 1 fully saturated rings. The van der Waals surface area contributed by atoms with Gasteiger partial charge in [0, 0.05) is 11.6 Å². The van der Waals surface area contributed by atoms with Crippen molar-refractivity contribution in [2.24, 2.45) is 11.8 Å². The smallest absolute Gasteiger partial charge is 0.269 e. The predicted octanol–water partition coefficient (Wildman–Crippen LogP) is 2.40. The molecule has 1 amide bonds. The van der Waals surface area contributed by atoms with E-state index in [0.29, 0.717) is 59.0 Å². The zero-order valence-corrected chi connectivity index (χ0v) is 16.8. The molecule has 0 radical (unpaired) electrons. The van der Waals surface area contributed by atoms with E-state index in [-0.39, 0.29) is 5.91 Å². The lowest BCUT2D eigenvalue weighted by atomic mass is 9.78. The van der Waals surface area contributed by atoms with Gasteiger partial charge in [-0.3, -0.25) is 15.6 Å². The summed E-state index contributed by atoms with van der Waals surface area (Å²) in [5, 5.41) is 3.73. The van der Waals surface area contributed by atoms with Crippen LogP contribution in [0, 0.1) is 11.8 Å². The number of ether oxygens (including phenoxy) is 3. The number of nitrogens with one attached hydrogen (secondary N) is 3. The van der Waals surface area contributed by atoms with Gasteiger partial charge in [0.05, 0.1) is 7.11 Å². The van der Waals surface area contributed by atoms with Crippen molar-refractivity contribution in [2.45, 2.75) is 39.2 Å². The topological polar surface area (TPSA) is 80.9 Å². The van der Waals surface area contributed by atoms with Gasteiger partial charge in [-0.1, -0.05) is 26.7 Å². The molecular weight excluding hydrogens is 366 g/mol. The standard InChI is InChI=1S/C19H27N3O4S/c1-11-5-4-6-14(12(11)2)20-19(27)22-21-18(23)13-9-15(24-3)17-16(10-13)25-7-8-26-17/h9-12,14H,4-8H2,1-3H3,(H,21,23)(H2,20,22,27)/t11-,12-,14-/m1/s1. The minimum Gasteiger partial charge on any atom is -0.493 e. The van der Waals surface area contributed by atoms with Crippen molar-refractivity contribution in [3.8, 4) is 17.2 Å². The molecule has 8 heteroatoms. The SMILES string of the molecule is COc1cc(C(=O)NNC(=S)N[C@@H]2CCC[C@@H](C)[C@H]2C)cc2c1OCCO2. The highest BCUT2D eigenvalue weighted by Crippen LogP contribution is 2.40. The molecule has 0 aromatic heterocycles. The van der Waals surface area contributed by atoms with Crippen LogP contribution in [0.2, 0.25) is 0 Å². The van der Waals surface area contributed by atoms with Gasteiger partial charge in [-0.15, -0.1) is 0 Å². The molecule has 3 atom stereocenters. The van der Waals surface area contributed by atoms with Gasteiger partial charge in [0.2, 0.25) is 5.75 Å². The van der Waals surface area contributed by atoms with E-state index in [1.54, 1.807) is 12.1 Å². The average molecular weight is 394 g/mol. The lowest BCUT2D eigenvalue weighted by molar-refractivity contribution is 0.0941. The van der Waals surface area contributed by atoms with Crippen molar-refractivity contribution >= 4 is 23.2 Å². The normalized spacial score (nSPS) is 23.9. The van der Waals surface area contributed by atoms with Crippen molar-refractivity contribution in [3.63, 3.8) is 0 Å². The van der Waals surface area contributed by atoms with Crippen molar-refractivity contribution in [1.82, 2.24) is 16.2 Å². The van der Waals surface area contributed by atoms with Crippen LogP contribution < -0.4 is 30.4 Å². The minimum atomic E-state index is -0.334. The highest BCUT2D eigenvalue weighted by molar-refractivity contribution is 7.80. The molecule has 3 N–H and O–H groups in total. The second kappa shape index (κ2) is 8.65. The van der Waals surface area contributed by atoms with Gasteiger partial charge in [-0.05, 0) is 42.6 Å². The number of methoxy groups -OCH3 is 1. The zero-order chi connectivity index (χ0) is 19.4. The molecule has 0 spiro atoms. The highest BCUT2D eigenvalue weighted by Gasteiger charge is 2.27. The van der Waals surface area contributed by atoms with Gasteiger partial charge in [-0.25, -0.2) is 0 Å². The molecule has 0 saturated heterocycles. The first-order valence-electron chi connectivity index (χ1n) is 9.34. The molecule has 1 saturated carbocycles. The van der Waals surface area contributed by atoms with Crippen LogP contribution >= 0.6 is 12.2 Å². The molecule has 2 aliphatic rings. The van der Waals surface area contributed by atoms with Crippen LogP contribution in [0.5, 0.6) is 17.2 Å². The Morgan fingerprint density at radius 2 is 1.96 bits per heavy atom. The molecule has 7 nitrogen and oxygen atoms in total. The minimum absolute atomic E-state index is 0.319. The van der Waals surface area contributed by atoms with Gasteiger partial charge < -0.3 is 19.5 Å². The van der Waals surface area contributed by atoms with Crippen molar-refractivity contribution < 1.29 is 19.0 Å². The average Bonchev–Trinajstić information content (AvgIpc) is 2.68. The number of amides is 1. The maximum absolute atomic E-state index is 12.5. The third-order valence-corrected chi connectivity index (χ3v) is 5.62. The second-order valence-electron chi connectivity index (χ2n) is 7.13. The van der Waals surface area contributed by atoms with E-state index in [1.807, 2.05) is 0 Å². The first-order valence-corrected chi connectivity index (χ1v) is 9.75. The summed E-state index contributed by atoms with van der Waals surface area (Å²) in [6, 6.07) is 3.57. The Bertz CT molecular complexity index is 695. The van der Waals surface area contributed by atoms with Crippen LogP contribution in [0.4, 0.5) is 0 Å². The first-order chi connectivity index (χ1) is 13.0. The molecule has 1 aliphatic heterocycles. The number of benzene rings is 1. The second-order valence-corrected chi connectivity index (χ2v) is 7.54. The molecule has 1 aromatic carbocycles. The fourth-order valence-corrected chi connectivity index (χ4v) is 3.78. The summed E-state index contributed by atoms with van der Waals surface area (Å²) in [7, 11) is 1.53. The zero-order valence-electron chi connectivity index (χ0n) is 16.0. The summed E-state index contributed by atoms with van der Waals surface area (Å²) in [5.41, 5.74) is 5.81. The van der Waals surface area contributed by atoms with Crippen LogP contribution in [0.15, 0.2) is 12.1 Å². The third-order valence-electron chi connectivity index (χ3n) is 5.40. The molecule has 148 valence electrons. The summed E-state index contributed by atoms with van der Waals surface area (Å²) in [6.45, 7) is 5.40. The number of fused-ring (bicyclic) bond motifs is 1. The monoisotopic (exact) mass is 393 g/mol. The van der Waals surface area contributed by atoms with E-state index >= 15 is 0 Å². The number of carbonyl (C=O) groups is 1. The number of hydrogen-bond acceptors (Lipinski definition) is 5. The van der Waals surface area contributed by atoms with E-state index in [1.165, 1.54) is 20.0 Å². The molecule has 0 bridgehead atoms. The fraction of sp³-hybridized carbons (Fsp3) is 0.579. The molecule has 3 rings (SSSR count). The first kappa shape index (κ1) is 19.5. The van der Waals surface area contributed by atoms with Crippen LogP contribution in [-0.2, 0) is 0 Å². The number of thiocarbonyl (C=S) groups is 1. The van der Waals surface area contributed by atoms with Crippen LogP contribution in [0.3, 0.4) is 0 Å². The van der Waals surface area contributed by atoms with Gasteiger partial charge in [0.15, 0.2) is 16.6 Å². The number of hydrogen-bond donors (Lipinski definition) is 3. The van der Waals surface area contributed by atoms with E-state index < -0.39 is 0 Å². The van der Waals surface area contributed by atoms with Crippen LogP contribution in [0.1, 0.15) is 43.5 Å². The van der Waals surface area contributed by atoms with E-state index in [0.717, 1.165) is 6.42 Å². The third kappa shape index (κ3) is 4.55. The molecule has 1 heterocycles. The quantitative estimate of drug-likeness (QED) is 0.537. The van der Waals surface area contributed by atoms with Crippen LogP contribution in [0.25, 0.3) is 0 Å². The van der Waals surface area contributed by atoms with Crippen molar-refractivity contribution in [1.29, 1.82) is 0 Å². The summed E-state index contributed by atoms with van der Waals surface area (Å²) >= 11 is 5.33. The summed E-state index contributed by atoms with van der Waals surface area (Å²) in [6.07, 6.45) is 3.53. The molecule has 27 heavy (non-hydrogen) atoms. The van der Waals surface area contributed by atoms with E-state index in [2.05, 4.69) is 30.0 Å². The van der Waals surface area contributed by atoms with E-state index in [9.17, 15) is 4.79 Å². The van der Waals surface area contributed by atoms with E-state index in [4.69, 9.17) is 26.4 Å². The predicted molar refractivity (Wildman–Crippen MR) is 106 cm³/mol. The van der Waals surface area contributed by atoms with Gasteiger partial charge in [0.1, 0.15) is 13.2 Å². The van der Waals surface area contributed by atoms with Gasteiger partial charge >= 0.3 is 0 Å². The Balaban J connectivity index is 1.58. The summed E-state index contributed by atoms with van der Waals surface area (Å²) < 4.78 is 16.4. The lowest BCUT2D eigenvalue weighted by Crippen LogP contribution is -2.52. The molecule has 0 unspecified atom stereocenters. The lowest BCUT2D eigenvalue weighted by Gasteiger charge is -2.35. The maximum atomic E-state index is 12.5. The largest absolute Gasteiger partial charge is 0.493 e. The Morgan fingerprint density at radius 3 is 2.74 bits per heavy atom. The highest BCUT2D eigenvalue weighted by atomic mass is 32.1. The molecular formula is C19H27N3O4S. The Labute approximate surface area is 165 Å². The van der Waals surface area contributed by atoms with Crippen LogP contribution in [-0.4, -0.2) is 37.4 Å². The summed E-state index contributed by atoms with van der Waals surface area (Å²) in [4.78, 5) is 12.5. The maximum Gasteiger partial charge on any atom is 0.269 e. The fourth-order valence-electron chi connectivity index (χ4n) is 3.58. The van der Waals surface area contributed by atoms with Crippen molar-refractivity contribution in [3.05, 3.63) is 17.7 Å². The van der Waals surface area contributed by atoms with Gasteiger partial charge in [-0.2, -0.15) is 0 Å². The van der Waals surface area contributed by atoms with Gasteiger partial charge in [0.25, 0.3) is 5.91 Å².